The summed E-state index contributed by atoms with van der Waals surface area (Å²) >= 11 is 3.43. The van der Waals surface area contributed by atoms with Gasteiger partial charge in [0.05, 0.1) is 5.56 Å². The first-order valence-corrected chi connectivity index (χ1v) is 7.03. The average Bonchev–Trinajstić information content (AvgIpc) is 2.82. The van der Waals surface area contributed by atoms with Gasteiger partial charge in [0.1, 0.15) is 5.69 Å². The fourth-order valence-corrected chi connectivity index (χ4v) is 2.49. The lowest BCUT2D eigenvalue weighted by molar-refractivity contribution is 0.439. The van der Waals surface area contributed by atoms with E-state index < -0.39 is 0 Å². The molecular formula is C16H13BrN2O. The highest BCUT2D eigenvalue weighted by Gasteiger charge is 2.18. The van der Waals surface area contributed by atoms with Crippen molar-refractivity contribution in [3.8, 4) is 22.4 Å². The fourth-order valence-electron chi connectivity index (χ4n) is 2.22. The lowest BCUT2D eigenvalue weighted by Crippen LogP contribution is -1.90. The van der Waals surface area contributed by atoms with Gasteiger partial charge in [-0.1, -0.05) is 57.5 Å². The van der Waals surface area contributed by atoms with Gasteiger partial charge in [0, 0.05) is 10.0 Å². The molecule has 3 rings (SSSR count). The molecule has 0 saturated carbocycles. The fraction of sp³-hybridized carbons (Fsp3) is 0.0625. The number of hydrogen-bond donors (Lipinski definition) is 1. The van der Waals surface area contributed by atoms with Gasteiger partial charge in [-0.2, -0.15) is 0 Å². The maximum Gasteiger partial charge on any atom is 0.230 e. The number of nitrogens with zero attached hydrogens (tertiary/aromatic N) is 1. The Kier molecular flexibility index (Phi) is 3.32. The van der Waals surface area contributed by atoms with Crippen LogP contribution in [-0.2, 0) is 0 Å². The molecule has 0 fully saturated rings. The van der Waals surface area contributed by atoms with Gasteiger partial charge >= 0.3 is 0 Å². The van der Waals surface area contributed by atoms with Gasteiger partial charge in [-0.25, -0.2) is 0 Å². The summed E-state index contributed by atoms with van der Waals surface area (Å²) in [5.74, 6) is 0.345. The Balaban J connectivity index is 2.20. The first kappa shape index (κ1) is 12.9. The van der Waals surface area contributed by atoms with Crippen LogP contribution in [0.2, 0.25) is 0 Å². The smallest absolute Gasteiger partial charge is 0.230 e. The third-order valence-corrected chi connectivity index (χ3v) is 3.78. The van der Waals surface area contributed by atoms with Crippen LogP contribution in [0.25, 0.3) is 22.4 Å². The molecule has 0 spiro atoms. The van der Waals surface area contributed by atoms with E-state index in [-0.39, 0.29) is 0 Å². The minimum absolute atomic E-state index is 0.345. The Morgan fingerprint density at radius 3 is 2.45 bits per heavy atom. The van der Waals surface area contributed by atoms with Crippen LogP contribution in [0, 0.1) is 6.92 Å². The number of nitrogens with two attached hydrogens (primary N) is 1. The lowest BCUT2D eigenvalue weighted by Gasteiger charge is -2.06. The van der Waals surface area contributed by atoms with Crippen molar-refractivity contribution in [1.82, 2.24) is 5.16 Å². The Morgan fingerprint density at radius 1 is 1.05 bits per heavy atom. The average molecular weight is 329 g/mol. The Labute approximate surface area is 125 Å². The van der Waals surface area contributed by atoms with Gasteiger partial charge < -0.3 is 10.3 Å². The van der Waals surface area contributed by atoms with Crippen LogP contribution in [0.15, 0.2) is 57.5 Å². The Bertz CT molecular complexity index is 747. The third kappa shape index (κ3) is 2.23. The first-order chi connectivity index (χ1) is 9.66. The Morgan fingerprint density at radius 2 is 1.75 bits per heavy atom. The molecule has 0 atom stereocenters. The topological polar surface area (TPSA) is 52.0 Å². The summed E-state index contributed by atoms with van der Waals surface area (Å²) in [5, 5.41) is 4.12. The number of nitrogen functional groups attached to an aromatic ring is 1. The van der Waals surface area contributed by atoms with Gasteiger partial charge in [0.15, 0.2) is 0 Å². The van der Waals surface area contributed by atoms with Gasteiger partial charge in [0.2, 0.25) is 5.88 Å². The number of anilines is 1. The van der Waals surface area contributed by atoms with Crippen LogP contribution in [-0.4, -0.2) is 5.16 Å². The summed E-state index contributed by atoms with van der Waals surface area (Å²) < 4.78 is 6.23. The molecule has 1 aromatic heterocycles. The van der Waals surface area contributed by atoms with E-state index in [0.29, 0.717) is 5.88 Å². The van der Waals surface area contributed by atoms with E-state index >= 15 is 0 Å². The molecule has 0 amide bonds. The lowest BCUT2D eigenvalue weighted by atomic mass is 9.97. The van der Waals surface area contributed by atoms with Crippen LogP contribution in [0.4, 0.5) is 5.88 Å². The van der Waals surface area contributed by atoms with Crippen molar-refractivity contribution in [2.24, 2.45) is 0 Å². The molecule has 0 radical (unpaired) electrons. The molecule has 0 aliphatic carbocycles. The van der Waals surface area contributed by atoms with E-state index in [1.165, 1.54) is 0 Å². The molecule has 3 nitrogen and oxygen atoms in total. The van der Waals surface area contributed by atoms with Gasteiger partial charge in [-0.05, 0) is 30.2 Å². The van der Waals surface area contributed by atoms with E-state index in [0.717, 1.165) is 32.4 Å². The van der Waals surface area contributed by atoms with Crippen LogP contribution in [0.3, 0.4) is 0 Å². The molecule has 2 aromatic carbocycles. The standard InChI is InChI=1S/C16H13BrN2O/c1-10-4-2-3-5-13(10)14-15(19-20-16(14)18)11-6-8-12(17)9-7-11/h2-9H,18H2,1H3. The van der Waals surface area contributed by atoms with Crippen molar-refractivity contribution in [3.63, 3.8) is 0 Å². The molecule has 100 valence electrons. The highest BCUT2D eigenvalue weighted by molar-refractivity contribution is 9.10. The number of halogens is 1. The van der Waals surface area contributed by atoms with Gasteiger partial charge in [-0.3, -0.25) is 0 Å². The second kappa shape index (κ2) is 5.13. The molecule has 2 N–H and O–H groups in total. The number of hydrogen-bond acceptors (Lipinski definition) is 3. The van der Waals surface area contributed by atoms with E-state index in [1.807, 2.05) is 55.5 Å². The summed E-state index contributed by atoms with van der Waals surface area (Å²) in [6.07, 6.45) is 0. The highest BCUT2D eigenvalue weighted by atomic mass is 79.9. The zero-order valence-corrected chi connectivity index (χ0v) is 12.5. The van der Waals surface area contributed by atoms with Crippen LogP contribution >= 0.6 is 15.9 Å². The molecule has 0 unspecified atom stereocenters. The maximum atomic E-state index is 5.97. The number of rotatable bonds is 2. The van der Waals surface area contributed by atoms with Crippen LogP contribution < -0.4 is 5.73 Å². The predicted molar refractivity (Wildman–Crippen MR) is 84.2 cm³/mol. The second-order valence-electron chi connectivity index (χ2n) is 4.59. The summed E-state index contributed by atoms with van der Waals surface area (Å²) in [4.78, 5) is 0. The predicted octanol–water partition coefficient (Wildman–Crippen LogP) is 4.66. The minimum Gasteiger partial charge on any atom is -0.367 e. The molecule has 0 saturated heterocycles. The minimum atomic E-state index is 0.345. The normalized spacial score (nSPS) is 10.7. The molecule has 0 bridgehead atoms. The van der Waals surface area contributed by atoms with Crippen molar-refractivity contribution in [2.75, 3.05) is 5.73 Å². The monoisotopic (exact) mass is 328 g/mol. The molecule has 4 heteroatoms. The SMILES string of the molecule is Cc1ccccc1-c1c(-c2ccc(Br)cc2)noc1N. The quantitative estimate of drug-likeness (QED) is 0.744. The summed E-state index contributed by atoms with van der Waals surface area (Å²) in [7, 11) is 0. The largest absolute Gasteiger partial charge is 0.367 e. The number of aryl methyl sites for hydroxylation is 1. The van der Waals surface area contributed by atoms with Gasteiger partial charge in [0.25, 0.3) is 0 Å². The highest BCUT2D eigenvalue weighted by Crippen LogP contribution is 2.37. The molecule has 20 heavy (non-hydrogen) atoms. The molecular weight excluding hydrogens is 316 g/mol. The van der Waals surface area contributed by atoms with E-state index in [9.17, 15) is 0 Å². The van der Waals surface area contributed by atoms with E-state index in [1.54, 1.807) is 0 Å². The third-order valence-electron chi connectivity index (χ3n) is 3.25. The molecule has 0 aliphatic rings. The number of aromatic nitrogens is 1. The van der Waals surface area contributed by atoms with E-state index in [4.69, 9.17) is 10.3 Å². The zero-order valence-electron chi connectivity index (χ0n) is 10.9. The summed E-state index contributed by atoms with van der Waals surface area (Å²) in [5.41, 5.74) is 10.8. The van der Waals surface area contributed by atoms with Crippen molar-refractivity contribution in [2.45, 2.75) is 6.92 Å². The van der Waals surface area contributed by atoms with E-state index in [2.05, 4.69) is 21.1 Å². The summed E-state index contributed by atoms with van der Waals surface area (Å²) in [6, 6.07) is 16.0. The van der Waals surface area contributed by atoms with Crippen LogP contribution in [0.1, 0.15) is 5.56 Å². The second-order valence-corrected chi connectivity index (χ2v) is 5.51. The Hall–Kier alpha value is -2.07. The zero-order chi connectivity index (χ0) is 14.1. The van der Waals surface area contributed by atoms with Crippen LogP contribution in [0.5, 0.6) is 0 Å². The van der Waals surface area contributed by atoms with Crippen molar-refractivity contribution in [1.29, 1.82) is 0 Å². The number of benzene rings is 2. The van der Waals surface area contributed by atoms with Crippen molar-refractivity contribution in [3.05, 3.63) is 58.6 Å². The van der Waals surface area contributed by atoms with Crippen molar-refractivity contribution >= 4 is 21.8 Å². The van der Waals surface area contributed by atoms with Gasteiger partial charge in [-0.15, -0.1) is 0 Å². The van der Waals surface area contributed by atoms with Crippen molar-refractivity contribution < 1.29 is 4.52 Å². The molecule has 1 heterocycles. The first-order valence-electron chi connectivity index (χ1n) is 6.24. The summed E-state index contributed by atoms with van der Waals surface area (Å²) in [6.45, 7) is 2.05. The maximum absolute atomic E-state index is 5.97. The molecule has 0 aliphatic heterocycles. The molecule has 3 aromatic rings.